The molecule has 3 atom stereocenters. The molecule has 19 heavy (non-hydrogen) atoms. The largest absolute Gasteiger partial charge is 0.335 e. The number of halogens is 1. The van der Waals surface area contributed by atoms with E-state index in [-0.39, 0.29) is 6.03 Å². The molecule has 3 unspecified atom stereocenters. The highest BCUT2D eigenvalue weighted by molar-refractivity contribution is 9.10. The Kier molecular flexibility index (Phi) is 3.73. The SMILES string of the molecule is O=C(NCc1ccnc(Br)c1)NC1CC2CCC1C2. The molecule has 2 bridgehead atoms. The molecule has 0 saturated heterocycles. The van der Waals surface area contributed by atoms with Gasteiger partial charge in [0.2, 0.25) is 0 Å². The Hall–Kier alpha value is -1.10. The molecule has 2 aliphatic rings. The van der Waals surface area contributed by atoms with E-state index in [1.54, 1.807) is 6.20 Å². The summed E-state index contributed by atoms with van der Waals surface area (Å²) in [6.07, 6.45) is 6.85. The average molecular weight is 324 g/mol. The molecular weight excluding hydrogens is 306 g/mol. The van der Waals surface area contributed by atoms with Crippen LogP contribution in [0.5, 0.6) is 0 Å². The smallest absolute Gasteiger partial charge is 0.315 e. The molecular formula is C14H18BrN3O. The van der Waals surface area contributed by atoms with E-state index in [1.807, 2.05) is 12.1 Å². The molecule has 0 aliphatic heterocycles. The number of carbonyl (C=O) groups is 1. The van der Waals surface area contributed by atoms with Crippen molar-refractivity contribution in [2.24, 2.45) is 11.8 Å². The van der Waals surface area contributed by atoms with Gasteiger partial charge in [0.15, 0.2) is 0 Å². The van der Waals surface area contributed by atoms with Crippen LogP contribution in [0.3, 0.4) is 0 Å². The fourth-order valence-corrected chi connectivity index (χ4v) is 3.79. The highest BCUT2D eigenvalue weighted by atomic mass is 79.9. The normalized spacial score (nSPS) is 28.4. The maximum atomic E-state index is 11.9. The van der Waals surface area contributed by atoms with Gasteiger partial charge in [0.25, 0.3) is 0 Å². The molecule has 4 nitrogen and oxygen atoms in total. The molecule has 3 rings (SSSR count). The van der Waals surface area contributed by atoms with E-state index in [2.05, 4.69) is 31.5 Å². The molecule has 1 aromatic rings. The van der Waals surface area contributed by atoms with Crippen molar-refractivity contribution in [3.8, 4) is 0 Å². The fourth-order valence-electron chi connectivity index (χ4n) is 3.38. The van der Waals surface area contributed by atoms with Gasteiger partial charge in [0.05, 0.1) is 0 Å². The Labute approximate surface area is 121 Å². The second-order valence-corrected chi connectivity index (χ2v) is 6.41. The lowest BCUT2D eigenvalue weighted by atomic mass is 9.95. The summed E-state index contributed by atoms with van der Waals surface area (Å²) in [6.45, 7) is 0.535. The standard InChI is InChI=1S/C14H18BrN3O/c15-13-7-10(3-4-16-13)8-17-14(19)18-12-6-9-1-2-11(12)5-9/h3-4,7,9,11-12H,1-2,5-6,8H2,(H2,17,18,19). The summed E-state index contributed by atoms with van der Waals surface area (Å²) in [4.78, 5) is 15.9. The zero-order chi connectivity index (χ0) is 13.2. The lowest BCUT2D eigenvalue weighted by molar-refractivity contribution is 0.230. The third kappa shape index (κ3) is 3.08. The Balaban J connectivity index is 1.47. The van der Waals surface area contributed by atoms with Crippen LogP contribution in [0.15, 0.2) is 22.9 Å². The number of rotatable bonds is 3. The van der Waals surface area contributed by atoms with E-state index >= 15 is 0 Å². The van der Waals surface area contributed by atoms with Crippen LogP contribution >= 0.6 is 15.9 Å². The number of amides is 2. The van der Waals surface area contributed by atoms with E-state index in [1.165, 1.54) is 25.7 Å². The first-order valence-corrected chi connectivity index (χ1v) is 7.65. The van der Waals surface area contributed by atoms with Crippen molar-refractivity contribution in [1.82, 2.24) is 15.6 Å². The van der Waals surface area contributed by atoms with Crippen molar-refractivity contribution in [2.75, 3.05) is 0 Å². The third-order valence-electron chi connectivity index (χ3n) is 4.30. The average Bonchev–Trinajstić information content (AvgIpc) is 2.99. The number of pyridine rings is 1. The predicted octanol–water partition coefficient (Wildman–Crippen LogP) is 2.83. The molecule has 0 aromatic carbocycles. The molecule has 2 N–H and O–H groups in total. The van der Waals surface area contributed by atoms with Crippen molar-refractivity contribution in [3.63, 3.8) is 0 Å². The van der Waals surface area contributed by atoms with Crippen LogP contribution in [0.2, 0.25) is 0 Å². The molecule has 0 spiro atoms. The molecule has 1 aromatic heterocycles. The molecule has 2 amide bonds. The quantitative estimate of drug-likeness (QED) is 0.840. The van der Waals surface area contributed by atoms with Gasteiger partial charge in [-0.2, -0.15) is 0 Å². The summed E-state index contributed by atoms with van der Waals surface area (Å²) in [7, 11) is 0. The Morgan fingerprint density at radius 3 is 3.00 bits per heavy atom. The Morgan fingerprint density at radius 1 is 1.42 bits per heavy atom. The second kappa shape index (κ2) is 5.49. The zero-order valence-electron chi connectivity index (χ0n) is 10.7. The number of hydrogen-bond donors (Lipinski definition) is 2. The summed E-state index contributed by atoms with van der Waals surface area (Å²) < 4.78 is 0.792. The van der Waals surface area contributed by atoms with E-state index < -0.39 is 0 Å². The number of fused-ring (bicyclic) bond motifs is 2. The van der Waals surface area contributed by atoms with Gasteiger partial charge in [-0.15, -0.1) is 0 Å². The maximum Gasteiger partial charge on any atom is 0.315 e. The Bertz CT molecular complexity index is 480. The first-order valence-electron chi connectivity index (χ1n) is 6.85. The summed E-state index contributed by atoms with van der Waals surface area (Å²) in [5.74, 6) is 1.57. The molecule has 2 saturated carbocycles. The van der Waals surface area contributed by atoms with Crippen molar-refractivity contribution < 1.29 is 4.79 Å². The van der Waals surface area contributed by atoms with Gasteiger partial charge < -0.3 is 10.6 Å². The molecule has 1 heterocycles. The van der Waals surface area contributed by atoms with E-state index in [4.69, 9.17) is 0 Å². The lowest BCUT2D eigenvalue weighted by Crippen LogP contribution is -2.44. The first-order chi connectivity index (χ1) is 9.20. The number of carbonyl (C=O) groups excluding carboxylic acids is 1. The van der Waals surface area contributed by atoms with Crippen LogP contribution in [-0.2, 0) is 6.54 Å². The maximum absolute atomic E-state index is 11.9. The van der Waals surface area contributed by atoms with Gasteiger partial charge in [0.1, 0.15) is 4.60 Å². The van der Waals surface area contributed by atoms with Gasteiger partial charge >= 0.3 is 6.03 Å². The second-order valence-electron chi connectivity index (χ2n) is 5.60. The number of nitrogens with zero attached hydrogens (tertiary/aromatic N) is 1. The Morgan fingerprint density at radius 2 is 2.32 bits per heavy atom. The van der Waals surface area contributed by atoms with Gasteiger partial charge in [-0.3, -0.25) is 0 Å². The number of urea groups is 1. The molecule has 2 aliphatic carbocycles. The summed E-state index contributed by atoms with van der Waals surface area (Å²) in [5.41, 5.74) is 1.05. The van der Waals surface area contributed by atoms with Gasteiger partial charge in [-0.25, -0.2) is 9.78 Å². The minimum atomic E-state index is -0.0505. The fraction of sp³-hybridized carbons (Fsp3) is 0.571. The van der Waals surface area contributed by atoms with Crippen molar-refractivity contribution >= 4 is 22.0 Å². The van der Waals surface area contributed by atoms with Crippen molar-refractivity contribution in [3.05, 3.63) is 28.5 Å². The highest BCUT2D eigenvalue weighted by Crippen LogP contribution is 2.44. The summed E-state index contributed by atoms with van der Waals surface area (Å²) >= 11 is 3.32. The van der Waals surface area contributed by atoms with Crippen molar-refractivity contribution in [1.29, 1.82) is 0 Å². The monoisotopic (exact) mass is 323 g/mol. The molecule has 2 fully saturated rings. The number of hydrogen-bond acceptors (Lipinski definition) is 2. The molecule has 102 valence electrons. The van der Waals surface area contributed by atoms with Crippen LogP contribution in [-0.4, -0.2) is 17.1 Å². The van der Waals surface area contributed by atoms with Gasteiger partial charge in [-0.05, 0) is 64.7 Å². The van der Waals surface area contributed by atoms with Crippen LogP contribution < -0.4 is 10.6 Å². The predicted molar refractivity (Wildman–Crippen MR) is 76.5 cm³/mol. The minimum absolute atomic E-state index is 0.0505. The van der Waals surface area contributed by atoms with Crippen LogP contribution in [0.25, 0.3) is 0 Å². The zero-order valence-corrected chi connectivity index (χ0v) is 12.3. The highest BCUT2D eigenvalue weighted by Gasteiger charge is 2.39. The van der Waals surface area contributed by atoms with Crippen LogP contribution in [0, 0.1) is 11.8 Å². The van der Waals surface area contributed by atoms with Crippen LogP contribution in [0.1, 0.15) is 31.2 Å². The van der Waals surface area contributed by atoms with E-state index in [9.17, 15) is 4.79 Å². The lowest BCUT2D eigenvalue weighted by Gasteiger charge is -2.23. The van der Waals surface area contributed by atoms with Crippen LogP contribution in [0.4, 0.5) is 4.79 Å². The molecule has 5 heteroatoms. The summed E-state index contributed by atoms with van der Waals surface area (Å²) in [5, 5.41) is 6.03. The first kappa shape index (κ1) is 12.9. The molecule has 0 radical (unpaired) electrons. The van der Waals surface area contributed by atoms with Crippen molar-refractivity contribution in [2.45, 2.75) is 38.3 Å². The van der Waals surface area contributed by atoms with Gasteiger partial charge in [0, 0.05) is 18.8 Å². The minimum Gasteiger partial charge on any atom is -0.335 e. The number of aromatic nitrogens is 1. The topological polar surface area (TPSA) is 54.0 Å². The van der Waals surface area contributed by atoms with Gasteiger partial charge in [-0.1, -0.05) is 6.42 Å². The third-order valence-corrected chi connectivity index (χ3v) is 4.73. The van der Waals surface area contributed by atoms with E-state index in [0.29, 0.717) is 18.5 Å². The summed E-state index contributed by atoms with van der Waals surface area (Å²) in [6, 6.07) is 4.16. The van der Waals surface area contributed by atoms with E-state index in [0.717, 1.165) is 16.1 Å². The number of nitrogens with one attached hydrogen (secondary N) is 2.